The Morgan fingerprint density at radius 1 is 1.00 bits per heavy atom. The molecular formula is C20H24N2O4. The number of piperazine rings is 1. The van der Waals surface area contributed by atoms with E-state index >= 15 is 0 Å². The van der Waals surface area contributed by atoms with Crippen LogP contribution in [0.3, 0.4) is 0 Å². The highest BCUT2D eigenvalue weighted by Crippen LogP contribution is 2.33. The molecule has 138 valence electrons. The van der Waals surface area contributed by atoms with Crippen LogP contribution in [0, 0.1) is 0 Å². The molecule has 1 N–H and O–H groups in total. The fourth-order valence-electron chi connectivity index (χ4n) is 3.30. The topological polar surface area (TPSA) is 60.0 Å². The van der Waals surface area contributed by atoms with Crippen molar-refractivity contribution in [3.63, 3.8) is 0 Å². The minimum atomic E-state index is -0.0968. The van der Waals surface area contributed by atoms with Crippen LogP contribution in [-0.2, 0) is 0 Å². The van der Waals surface area contributed by atoms with Gasteiger partial charge in [-0.1, -0.05) is 18.2 Å². The summed E-state index contributed by atoms with van der Waals surface area (Å²) >= 11 is 0. The third-order valence-electron chi connectivity index (χ3n) is 4.63. The van der Waals surface area contributed by atoms with Gasteiger partial charge in [-0.3, -0.25) is 4.79 Å². The summed E-state index contributed by atoms with van der Waals surface area (Å²) in [5.74, 6) is 1.89. The predicted octanol–water partition coefficient (Wildman–Crippen LogP) is 2.50. The third-order valence-corrected chi connectivity index (χ3v) is 4.63. The first kappa shape index (κ1) is 18.1. The number of nitrogens with zero attached hydrogens (tertiary/aromatic N) is 1. The number of amides is 1. The van der Waals surface area contributed by atoms with Crippen LogP contribution >= 0.6 is 0 Å². The number of benzene rings is 2. The van der Waals surface area contributed by atoms with Gasteiger partial charge in [-0.25, -0.2) is 0 Å². The average Bonchev–Trinajstić information content (AvgIpc) is 2.72. The molecule has 0 radical (unpaired) electrons. The van der Waals surface area contributed by atoms with Crippen LogP contribution in [0.5, 0.6) is 17.2 Å². The van der Waals surface area contributed by atoms with E-state index < -0.39 is 0 Å². The van der Waals surface area contributed by atoms with Crippen molar-refractivity contribution in [3.8, 4) is 17.2 Å². The molecule has 0 spiro atoms. The molecule has 1 aliphatic heterocycles. The van der Waals surface area contributed by atoms with E-state index in [-0.39, 0.29) is 11.9 Å². The zero-order valence-electron chi connectivity index (χ0n) is 15.3. The van der Waals surface area contributed by atoms with Gasteiger partial charge >= 0.3 is 0 Å². The van der Waals surface area contributed by atoms with Gasteiger partial charge in [-0.05, 0) is 24.3 Å². The van der Waals surface area contributed by atoms with Gasteiger partial charge in [-0.2, -0.15) is 0 Å². The number of carbonyl (C=O) groups is 1. The van der Waals surface area contributed by atoms with Crippen LogP contribution in [0.1, 0.15) is 22.0 Å². The van der Waals surface area contributed by atoms with E-state index in [2.05, 4.69) is 5.32 Å². The zero-order chi connectivity index (χ0) is 18.5. The van der Waals surface area contributed by atoms with Gasteiger partial charge in [0.25, 0.3) is 5.91 Å². The third kappa shape index (κ3) is 3.46. The minimum absolute atomic E-state index is 0.0386. The lowest BCUT2D eigenvalue weighted by Crippen LogP contribution is -2.48. The molecule has 6 nitrogen and oxygen atoms in total. The highest BCUT2D eigenvalue weighted by Gasteiger charge is 2.30. The Bertz CT molecular complexity index is 778. The maximum atomic E-state index is 13.2. The van der Waals surface area contributed by atoms with Gasteiger partial charge in [0.15, 0.2) is 11.5 Å². The lowest BCUT2D eigenvalue weighted by atomic mass is 10.0. The number of methoxy groups -OCH3 is 3. The predicted molar refractivity (Wildman–Crippen MR) is 99.2 cm³/mol. The summed E-state index contributed by atoms with van der Waals surface area (Å²) in [6, 6.07) is 13.0. The Kier molecular flexibility index (Phi) is 5.63. The molecule has 1 fully saturated rings. The molecule has 3 rings (SSSR count). The highest BCUT2D eigenvalue weighted by molar-refractivity contribution is 5.95. The Labute approximate surface area is 153 Å². The quantitative estimate of drug-likeness (QED) is 0.892. The van der Waals surface area contributed by atoms with Crippen molar-refractivity contribution in [1.29, 1.82) is 0 Å². The van der Waals surface area contributed by atoms with Gasteiger partial charge in [0.1, 0.15) is 5.75 Å². The Morgan fingerprint density at radius 2 is 1.73 bits per heavy atom. The summed E-state index contributed by atoms with van der Waals surface area (Å²) in [6.07, 6.45) is 0. The molecular weight excluding hydrogens is 332 g/mol. The van der Waals surface area contributed by atoms with E-state index in [0.29, 0.717) is 30.2 Å². The monoisotopic (exact) mass is 356 g/mol. The van der Waals surface area contributed by atoms with E-state index in [1.807, 2.05) is 29.2 Å². The fourth-order valence-corrected chi connectivity index (χ4v) is 3.30. The molecule has 0 saturated carbocycles. The summed E-state index contributed by atoms with van der Waals surface area (Å²) in [7, 11) is 4.79. The number of para-hydroxylation sites is 1. The second-order valence-electron chi connectivity index (χ2n) is 6.03. The van der Waals surface area contributed by atoms with E-state index in [1.54, 1.807) is 39.5 Å². The second-order valence-corrected chi connectivity index (χ2v) is 6.03. The van der Waals surface area contributed by atoms with Crippen molar-refractivity contribution in [3.05, 3.63) is 53.6 Å². The van der Waals surface area contributed by atoms with Crippen molar-refractivity contribution in [2.75, 3.05) is 41.0 Å². The van der Waals surface area contributed by atoms with Gasteiger partial charge in [0, 0.05) is 30.8 Å². The van der Waals surface area contributed by atoms with Crippen molar-refractivity contribution in [2.45, 2.75) is 6.04 Å². The van der Waals surface area contributed by atoms with Crippen molar-refractivity contribution in [2.24, 2.45) is 0 Å². The van der Waals surface area contributed by atoms with Crippen molar-refractivity contribution >= 4 is 5.91 Å². The molecule has 2 aromatic rings. The average molecular weight is 356 g/mol. The van der Waals surface area contributed by atoms with E-state index in [4.69, 9.17) is 14.2 Å². The van der Waals surface area contributed by atoms with Crippen LogP contribution in [0.15, 0.2) is 42.5 Å². The van der Waals surface area contributed by atoms with Crippen LogP contribution in [0.25, 0.3) is 0 Å². The van der Waals surface area contributed by atoms with Crippen LogP contribution in [-0.4, -0.2) is 51.8 Å². The van der Waals surface area contributed by atoms with Crippen molar-refractivity contribution in [1.82, 2.24) is 10.2 Å². The second kappa shape index (κ2) is 8.10. The number of hydrogen-bond donors (Lipinski definition) is 1. The zero-order valence-corrected chi connectivity index (χ0v) is 15.3. The Balaban J connectivity index is 1.94. The summed E-state index contributed by atoms with van der Waals surface area (Å²) in [4.78, 5) is 15.1. The molecule has 1 amide bonds. The smallest absolute Gasteiger partial charge is 0.254 e. The molecule has 1 aliphatic rings. The summed E-state index contributed by atoms with van der Waals surface area (Å²) in [5, 5.41) is 3.37. The first-order valence-corrected chi connectivity index (χ1v) is 8.56. The van der Waals surface area contributed by atoms with Crippen molar-refractivity contribution < 1.29 is 19.0 Å². The van der Waals surface area contributed by atoms with Gasteiger partial charge in [0.05, 0.1) is 27.4 Å². The molecule has 0 aromatic heterocycles. The number of ether oxygens (including phenoxy) is 3. The van der Waals surface area contributed by atoms with E-state index in [1.165, 1.54) is 0 Å². The molecule has 0 aliphatic carbocycles. The molecule has 1 atom stereocenters. The Morgan fingerprint density at radius 3 is 2.46 bits per heavy atom. The first-order valence-electron chi connectivity index (χ1n) is 8.56. The molecule has 0 bridgehead atoms. The first-order chi connectivity index (χ1) is 12.7. The molecule has 26 heavy (non-hydrogen) atoms. The minimum Gasteiger partial charge on any atom is -0.496 e. The molecule has 1 saturated heterocycles. The molecule has 6 heteroatoms. The van der Waals surface area contributed by atoms with Crippen LogP contribution in [0.4, 0.5) is 0 Å². The number of hydrogen-bond acceptors (Lipinski definition) is 5. The van der Waals surface area contributed by atoms with Crippen LogP contribution < -0.4 is 19.5 Å². The normalized spacial score (nSPS) is 16.9. The molecule has 1 heterocycles. The SMILES string of the molecule is COc1ccc(C(=O)N2CCNCC2c2ccccc2OC)cc1OC. The maximum absolute atomic E-state index is 13.2. The lowest BCUT2D eigenvalue weighted by molar-refractivity contribution is 0.0631. The maximum Gasteiger partial charge on any atom is 0.254 e. The number of nitrogens with one attached hydrogen (secondary N) is 1. The molecule has 1 unspecified atom stereocenters. The van der Waals surface area contributed by atoms with Gasteiger partial charge in [-0.15, -0.1) is 0 Å². The van der Waals surface area contributed by atoms with Gasteiger partial charge < -0.3 is 24.4 Å². The summed E-state index contributed by atoms with van der Waals surface area (Å²) < 4.78 is 16.1. The fraction of sp³-hybridized carbons (Fsp3) is 0.350. The Hall–Kier alpha value is -2.73. The van der Waals surface area contributed by atoms with Crippen LogP contribution in [0.2, 0.25) is 0 Å². The standard InChI is InChI=1S/C20H24N2O4/c1-24-17-7-5-4-6-15(17)16-13-21-10-11-22(16)20(23)14-8-9-18(25-2)19(12-14)26-3/h4-9,12,16,21H,10-11,13H2,1-3H3. The number of rotatable bonds is 5. The van der Waals surface area contributed by atoms with E-state index in [9.17, 15) is 4.79 Å². The summed E-state index contributed by atoms with van der Waals surface area (Å²) in [5.41, 5.74) is 1.57. The summed E-state index contributed by atoms with van der Waals surface area (Å²) in [6.45, 7) is 2.06. The molecule has 2 aromatic carbocycles. The largest absolute Gasteiger partial charge is 0.496 e. The van der Waals surface area contributed by atoms with Gasteiger partial charge in [0.2, 0.25) is 0 Å². The number of carbonyl (C=O) groups excluding carboxylic acids is 1. The van der Waals surface area contributed by atoms with E-state index in [0.717, 1.165) is 17.9 Å². The lowest BCUT2D eigenvalue weighted by Gasteiger charge is -2.37. The highest BCUT2D eigenvalue weighted by atomic mass is 16.5.